The topological polar surface area (TPSA) is 92.7 Å². The maximum absolute atomic E-state index is 12.0. The summed E-state index contributed by atoms with van der Waals surface area (Å²) in [6, 6.07) is 14.1. The van der Waals surface area contributed by atoms with Gasteiger partial charge in [0.05, 0.1) is 52.9 Å². The van der Waals surface area contributed by atoms with Crippen molar-refractivity contribution in [2.45, 2.75) is 103 Å². The number of ether oxygens (including phenoxy) is 4. The molecule has 0 heterocycles. The normalized spacial score (nSPS) is 13.0. The molecule has 0 aliphatic heterocycles. The van der Waals surface area contributed by atoms with E-state index in [1.54, 1.807) is 0 Å². The Morgan fingerprint density at radius 2 is 0.977 bits per heavy atom. The zero-order valence-electron chi connectivity index (χ0n) is 27.3. The van der Waals surface area contributed by atoms with Gasteiger partial charge in [-0.1, -0.05) is 133 Å². The highest BCUT2D eigenvalue weighted by atomic mass is 31.2. The Morgan fingerprint density at radius 3 is 1.57 bits per heavy atom. The lowest BCUT2D eigenvalue weighted by atomic mass is 10.0. The lowest BCUT2D eigenvalue weighted by Crippen LogP contribution is -2.13. The highest BCUT2D eigenvalue weighted by molar-refractivity contribution is 7.47. The number of phosphoric acid groups is 1. The molecule has 252 valence electrons. The van der Waals surface area contributed by atoms with Crippen LogP contribution in [0.25, 0.3) is 10.8 Å². The van der Waals surface area contributed by atoms with E-state index in [2.05, 4.69) is 19.1 Å². The molecule has 0 spiro atoms. The van der Waals surface area contributed by atoms with Crippen molar-refractivity contribution in [1.82, 2.24) is 0 Å². The molecule has 1 unspecified atom stereocenters. The number of fused-ring (bicyclic) bond motifs is 1. The van der Waals surface area contributed by atoms with Crippen LogP contribution in [0.5, 0.6) is 5.75 Å². The van der Waals surface area contributed by atoms with Gasteiger partial charge in [0.2, 0.25) is 0 Å². The molecule has 0 saturated heterocycles. The largest absolute Gasteiger partial charge is 0.491 e. The van der Waals surface area contributed by atoms with E-state index in [9.17, 15) is 9.46 Å². The molecule has 0 bridgehead atoms. The number of unbranched alkanes of at least 4 members (excludes halogenated alkanes) is 14. The first kappa shape index (κ1) is 38.7. The molecule has 44 heavy (non-hydrogen) atoms. The van der Waals surface area contributed by atoms with Crippen molar-refractivity contribution >= 4 is 18.6 Å². The second-order valence-corrected chi connectivity index (χ2v) is 12.7. The van der Waals surface area contributed by atoms with Gasteiger partial charge in [-0.3, -0.25) is 9.05 Å². The Balaban J connectivity index is 1.28. The number of rotatable bonds is 31. The standard InChI is InChI=1S/C35H59O8P/c1-2-3-4-5-6-7-8-9-10-11-12-13-14-15-18-24-42-44(36,37)43-32-30-40-28-26-38-25-27-39-29-31-41-35-23-19-21-33-20-16-17-22-34(33)35/h16-17,19-23H,2-15,18,24-32H2,1H3,(H,36,37). The molecule has 0 aliphatic carbocycles. The smallest absolute Gasteiger partial charge is 0.472 e. The van der Waals surface area contributed by atoms with Crippen molar-refractivity contribution in [3.8, 4) is 5.75 Å². The summed E-state index contributed by atoms with van der Waals surface area (Å²) < 4.78 is 44.3. The van der Waals surface area contributed by atoms with Crippen molar-refractivity contribution in [3.05, 3.63) is 42.5 Å². The summed E-state index contributed by atoms with van der Waals surface area (Å²) in [5.41, 5.74) is 0. The quantitative estimate of drug-likeness (QED) is 0.0645. The average molecular weight is 639 g/mol. The first-order valence-corrected chi connectivity index (χ1v) is 18.6. The summed E-state index contributed by atoms with van der Waals surface area (Å²) in [5.74, 6) is 0.855. The highest BCUT2D eigenvalue weighted by Gasteiger charge is 2.20. The third-order valence-corrected chi connectivity index (χ3v) is 8.48. The van der Waals surface area contributed by atoms with Crippen molar-refractivity contribution in [2.75, 3.05) is 59.5 Å². The van der Waals surface area contributed by atoms with E-state index in [0.717, 1.165) is 35.8 Å². The molecule has 0 amide bonds. The summed E-state index contributed by atoms with van der Waals surface area (Å²) in [5, 5.41) is 2.24. The van der Waals surface area contributed by atoms with Crippen molar-refractivity contribution in [3.63, 3.8) is 0 Å². The Kier molecular flexibility index (Phi) is 23.5. The van der Waals surface area contributed by atoms with Crippen LogP contribution in [0.1, 0.15) is 103 Å². The zero-order valence-corrected chi connectivity index (χ0v) is 28.2. The van der Waals surface area contributed by atoms with Gasteiger partial charge in [-0.05, 0) is 17.9 Å². The Labute approximate surface area is 266 Å². The van der Waals surface area contributed by atoms with Crippen LogP contribution in [0.15, 0.2) is 42.5 Å². The van der Waals surface area contributed by atoms with E-state index in [1.165, 1.54) is 77.0 Å². The van der Waals surface area contributed by atoms with Gasteiger partial charge in [0.1, 0.15) is 12.4 Å². The minimum absolute atomic E-state index is 0.00749. The molecule has 9 heteroatoms. The number of hydrogen-bond acceptors (Lipinski definition) is 7. The Hall–Kier alpha value is -1.51. The molecule has 0 aliphatic rings. The zero-order chi connectivity index (χ0) is 31.4. The molecule has 0 fully saturated rings. The van der Waals surface area contributed by atoms with Gasteiger partial charge in [-0.2, -0.15) is 0 Å². The van der Waals surface area contributed by atoms with Crippen molar-refractivity contribution in [1.29, 1.82) is 0 Å². The fourth-order valence-electron chi connectivity index (χ4n) is 4.98. The van der Waals surface area contributed by atoms with E-state index in [1.807, 2.05) is 30.3 Å². The summed E-state index contributed by atoms with van der Waals surface area (Å²) in [6.45, 7) is 5.31. The Bertz CT molecular complexity index is 983. The predicted octanol–water partition coefficient (Wildman–Crippen LogP) is 9.27. The average Bonchev–Trinajstić information content (AvgIpc) is 3.03. The van der Waals surface area contributed by atoms with Gasteiger partial charge in [0.25, 0.3) is 0 Å². The molecule has 1 N–H and O–H groups in total. The second-order valence-electron chi connectivity index (χ2n) is 11.2. The fourth-order valence-corrected chi connectivity index (χ4v) is 5.72. The van der Waals surface area contributed by atoms with E-state index >= 15 is 0 Å². The molecule has 0 radical (unpaired) electrons. The van der Waals surface area contributed by atoms with Crippen LogP contribution < -0.4 is 4.74 Å². The molecule has 8 nitrogen and oxygen atoms in total. The van der Waals surface area contributed by atoms with Crippen LogP contribution in [0.2, 0.25) is 0 Å². The van der Waals surface area contributed by atoms with Crippen LogP contribution in [-0.4, -0.2) is 64.4 Å². The number of benzene rings is 2. The maximum Gasteiger partial charge on any atom is 0.472 e. The van der Waals surface area contributed by atoms with Gasteiger partial charge >= 0.3 is 7.82 Å². The van der Waals surface area contributed by atoms with E-state index in [0.29, 0.717) is 39.6 Å². The molecule has 1 atom stereocenters. The van der Waals surface area contributed by atoms with Crippen molar-refractivity contribution < 1.29 is 37.5 Å². The molecule has 0 saturated carbocycles. The van der Waals surface area contributed by atoms with Crippen LogP contribution in [0.3, 0.4) is 0 Å². The summed E-state index contributed by atoms with van der Waals surface area (Å²) in [4.78, 5) is 9.81. The van der Waals surface area contributed by atoms with Crippen LogP contribution in [-0.2, 0) is 27.8 Å². The fraction of sp³-hybridized carbons (Fsp3) is 0.714. The lowest BCUT2D eigenvalue weighted by molar-refractivity contribution is 0.00283. The third kappa shape index (κ3) is 20.5. The SMILES string of the molecule is CCCCCCCCCCCCCCCCCOP(=O)(O)OCCOCCOCCOCCOc1cccc2ccccc12. The predicted molar refractivity (Wildman–Crippen MR) is 179 cm³/mol. The summed E-state index contributed by atoms with van der Waals surface area (Å²) >= 11 is 0. The minimum Gasteiger partial charge on any atom is -0.491 e. The van der Waals surface area contributed by atoms with Gasteiger partial charge < -0.3 is 23.8 Å². The molecule has 0 aromatic heterocycles. The summed E-state index contributed by atoms with van der Waals surface area (Å²) in [6.07, 6.45) is 19.1. The summed E-state index contributed by atoms with van der Waals surface area (Å²) in [7, 11) is -4.03. The first-order valence-electron chi connectivity index (χ1n) is 17.1. The molecular weight excluding hydrogens is 579 g/mol. The lowest BCUT2D eigenvalue weighted by Gasteiger charge is -2.12. The highest BCUT2D eigenvalue weighted by Crippen LogP contribution is 2.43. The van der Waals surface area contributed by atoms with E-state index < -0.39 is 7.82 Å². The van der Waals surface area contributed by atoms with Gasteiger partial charge in [0.15, 0.2) is 0 Å². The second kappa shape index (κ2) is 26.7. The Morgan fingerprint density at radius 1 is 0.523 bits per heavy atom. The van der Waals surface area contributed by atoms with E-state index in [4.69, 9.17) is 28.0 Å². The maximum atomic E-state index is 12.0. The monoisotopic (exact) mass is 638 g/mol. The van der Waals surface area contributed by atoms with Crippen molar-refractivity contribution in [2.24, 2.45) is 0 Å². The number of hydrogen-bond donors (Lipinski definition) is 1. The van der Waals surface area contributed by atoms with Gasteiger partial charge in [-0.15, -0.1) is 0 Å². The molecular formula is C35H59O8P. The third-order valence-electron chi connectivity index (χ3n) is 7.46. The molecule has 2 rings (SSSR count). The molecule has 2 aromatic rings. The van der Waals surface area contributed by atoms with E-state index in [-0.39, 0.29) is 19.8 Å². The van der Waals surface area contributed by atoms with Gasteiger partial charge in [0, 0.05) is 5.39 Å². The van der Waals surface area contributed by atoms with Crippen LogP contribution in [0.4, 0.5) is 0 Å². The van der Waals surface area contributed by atoms with Crippen LogP contribution in [0, 0.1) is 0 Å². The molecule has 2 aromatic carbocycles. The number of phosphoric ester groups is 1. The minimum atomic E-state index is -4.03. The first-order chi connectivity index (χ1) is 21.6. The van der Waals surface area contributed by atoms with Crippen LogP contribution >= 0.6 is 7.82 Å². The van der Waals surface area contributed by atoms with Gasteiger partial charge in [-0.25, -0.2) is 4.57 Å².